The van der Waals surface area contributed by atoms with Crippen molar-refractivity contribution in [2.75, 3.05) is 26.9 Å². The number of benzene rings is 5. The van der Waals surface area contributed by atoms with Crippen LogP contribution in [0.3, 0.4) is 0 Å². The zero-order chi connectivity index (χ0) is 47.6. The number of aliphatic hydroxyl groups excluding tert-OH is 2. The number of hydrogen-bond donors (Lipinski definition) is 2. The highest BCUT2D eigenvalue weighted by Gasteiger charge is 2.65. The van der Waals surface area contributed by atoms with Gasteiger partial charge in [0.15, 0.2) is 0 Å². The molecule has 1 saturated carbocycles. The first-order valence-electron chi connectivity index (χ1n) is 23.3. The Morgan fingerprint density at radius 3 is 2.43 bits per heavy atom. The Hall–Kier alpha value is -6.61. The summed E-state index contributed by atoms with van der Waals surface area (Å²) in [6.07, 6.45) is 7.55. The Morgan fingerprint density at radius 1 is 0.941 bits per heavy atom. The number of carbonyl (C=O) groups is 1. The Morgan fingerprint density at radius 2 is 1.68 bits per heavy atom. The van der Waals surface area contributed by atoms with E-state index in [1.54, 1.807) is 47.4 Å². The van der Waals surface area contributed by atoms with Crippen molar-refractivity contribution in [1.29, 1.82) is 0 Å². The van der Waals surface area contributed by atoms with Crippen LogP contribution in [-0.4, -0.2) is 70.6 Å². The number of nitro benzene ring substituents is 1. The van der Waals surface area contributed by atoms with Gasteiger partial charge in [-0.25, -0.2) is 9.18 Å². The number of allylic oxidation sites excluding steroid dienone is 1. The maximum absolute atomic E-state index is 14.9. The number of oxime groups is 1. The Balaban J connectivity index is 1.32. The molecule has 0 radical (unpaired) electrons. The maximum Gasteiger partial charge on any atom is 0.410 e. The van der Waals surface area contributed by atoms with Crippen molar-refractivity contribution in [3.63, 3.8) is 0 Å². The lowest BCUT2D eigenvalue weighted by atomic mass is 9.55. The van der Waals surface area contributed by atoms with E-state index in [2.05, 4.69) is 12.7 Å². The molecule has 1 aliphatic heterocycles. The molecule has 8 rings (SSSR count). The van der Waals surface area contributed by atoms with Gasteiger partial charge in [-0.05, 0) is 101 Å². The smallest absolute Gasteiger partial charge is 0.410 e. The van der Waals surface area contributed by atoms with Gasteiger partial charge in [-0.1, -0.05) is 90.8 Å². The highest BCUT2D eigenvalue weighted by Crippen LogP contribution is 2.62. The number of aliphatic hydroxyl groups is 2. The number of fused-ring (bicyclic) bond motifs is 3. The van der Waals surface area contributed by atoms with Gasteiger partial charge in [0.2, 0.25) is 5.79 Å². The van der Waals surface area contributed by atoms with Crippen LogP contribution in [0.2, 0.25) is 0 Å². The molecule has 68 heavy (non-hydrogen) atoms. The van der Waals surface area contributed by atoms with E-state index < -0.39 is 28.8 Å². The summed E-state index contributed by atoms with van der Waals surface area (Å²) in [5.41, 5.74) is 4.14. The topological polar surface area (TPSA) is 162 Å². The molecule has 0 saturated heterocycles. The van der Waals surface area contributed by atoms with E-state index in [0.29, 0.717) is 41.2 Å². The summed E-state index contributed by atoms with van der Waals surface area (Å²) in [6.45, 7) is 4.30. The van der Waals surface area contributed by atoms with Crippen molar-refractivity contribution >= 4 is 28.3 Å². The molecule has 0 spiro atoms. The summed E-state index contributed by atoms with van der Waals surface area (Å²) in [7, 11) is 1.35. The number of nitrogens with zero attached hydrogens (tertiary/aromatic N) is 3. The molecule has 1 amide bonds. The first-order chi connectivity index (χ1) is 33.2. The molecule has 1 heterocycles. The minimum atomic E-state index is -1.56. The molecule has 5 aromatic carbocycles. The zero-order valence-electron chi connectivity index (χ0n) is 38.2. The van der Waals surface area contributed by atoms with Gasteiger partial charge in [0.1, 0.15) is 36.6 Å². The van der Waals surface area contributed by atoms with E-state index in [1.807, 2.05) is 54.6 Å². The summed E-state index contributed by atoms with van der Waals surface area (Å²) in [6, 6.07) is 31.3. The number of unbranched alkanes of at least 4 members (excludes halogenated alkanes) is 2. The number of non-ortho nitro benzene ring substituents is 1. The highest BCUT2D eigenvalue weighted by molar-refractivity contribution is 6.03. The molecule has 0 unspecified atom stereocenters. The van der Waals surface area contributed by atoms with E-state index >= 15 is 0 Å². The monoisotopic (exact) mass is 927 g/mol. The summed E-state index contributed by atoms with van der Waals surface area (Å²) in [5, 5.41) is 38.3. The van der Waals surface area contributed by atoms with E-state index in [1.165, 1.54) is 25.3 Å². The molecule has 6 atom stereocenters. The summed E-state index contributed by atoms with van der Waals surface area (Å²) >= 11 is 0. The van der Waals surface area contributed by atoms with Crippen LogP contribution in [0.4, 0.5) is 14.9 Å². The predicted octanol–water partition coefficient (Wildman–Crippen LogP) is 10.6. The number of methoxy groups -OCH3 is 1. The van der Waals surface area contributed by atoms with Crippen LogP contribution < -0.4 is 9.47 Å². The minimum Gasteiger partial charge on any atom is -0.489 e. The second kappa shape index (κ2) is 22.0. The molecule has 2 N–H and O–H groups in total. The van der Waals surface area contributed by atoms with Crippen LogP contribution in [0, 0.1) is 33.7 Å². The van der Waals surface area contributed by atoms with Gasteiger partial charge in [0, 0.05) is 48.8 Å². The molecule has 356 valence electrons. The third-order valence-electron chi connectivity index (χ3n) is 13.6. The zero-order valence-corrected chi connectivity index (χ0v) is 38.2. The van der Waals surface area contributed by atoms with Crippen molar-refractivity contribution < 1.29 is 48.1 Å². The molecular formula is C54H58FN3O10. The van der Waals surface area contributed by atoms with Crippen LogP contribution in [0.25, 0.3) is 10.8 Å². The van der Waals surface area contributed by atoms with Gasteiger partial charge in [-0.2, -0.15) is 0 Å². The minimum absolute atomic E-state index is 0.00506. The number of halogens is 1. The fraction of sp³-hybridized carbons (Fsp3) is 0.370. The quantitative estimate of drug-likeness (QED) is 0.0313. The fourth-order valence-electron chi connectivity index (χ4n) is 10.4. The Bertz CT molecular complexity index is 2630. The molecule has 0 bridgehead atoms. The average Bonchev–Trinajstić information content (AvgIpc) is 3.36. The molecular weight excluding hydrogens is 870 g/mol. The molecule has 3 aliphatic rings. The lowest BCUT2D eigenvalue weighted by Gasteiger charge is -2.59. The third-order valence-corrected chi connectivity index (χ3v) is 13.6. The average molecular weight is 928 g/mol. The van der Waals surface area contributed by atoms with E-state index in [0.717, 1.165) is 53.2 Å². The van der Waals surface area contributed by atoms with Gasteiger partial charge in [0.25, 0.3) is 5.69 Å². The largest absolute Gasteiger partial charge is 0.489 e. The molecule has 2 aliphatic carbocycles. The summed E-state index contributed by atoms with van der Waals surface area (Å²) < 4.78 is 41.3. The second-order valence-corrected chi connectivity index (χ2v) is 17.6. The molecule has 14 heteroatoms. The summed E-state index contributed by atoms with van der Waals surface area (Å²) in [4.78, 5) is 33.4. The second-order valence-electron chi connectivity index (χ2n) is 17.6. The van der Waals surface area contributed by atoms with Crippen molar-refractivity contribution in [3.05, 3.63) is 172 Å². The normalized spacial score (nSPS) is 22.0. The SMILES string of the molecule is C=CCO[C@@]12Oc3ccc(OCc4ccccc4F)cc3[C@H]3[C@H](CCCCO)[C@@H](CCCCO)C=C(C(=NOCc4ccc([N+](=O)[O-])cc4)C[C@@H]1N(Cc1cccc4ccccc14)C(=O)OC)[C@H]32. The molecule has 5 aromatic rings. The van der Waals surface area contributed by atoms with Gasteiger partial charge >= 0.3 is 6.09 Å². The lowest BCUT2D eigenvalue weighted by Crippen LogP contribution is -2.70. The van der Waals surface area contributed by atoms with Gasteiger partial charge in [-0.15, -0.1) is 6.58 Å². The number of amides is 1. The van der Waals surface area contributed by atoms with E-state index in [4.69, 9.17) is 28.9 Å². The van der Waals surface area contributed by atoms with Crippen LogP contribution in [0.1, 0.15) is 73.1 Å². The highest BCUT2D eigenvalue weighted by atomic mass is 19.1. The van der Waals surface area contributed by atoms with Crippen molar-refractivity contribution in [2.45, 2.75) is 82.5 Å². The van der Waals surface area contributed by atoms with Crippen molar-refractivity contribution in [1.82, 2.24) is 4.90 Å². The summed E-state index contributed by atoms with van der Waals surface area (Å²) in [5.74, 6) is -1.95. The Labute approximate surface area is 395 Å². The maximum atomic E-state index is 14.9. The van der Waals surface area contributed by atoms with Crippen LogP contribution in [-0.2, 0) is 34.1 Å². The fourth-order valence-corrected chi connectivity index (χ4v) is 10.4. The van der Waals surface area contributed by atoms with Gasteiger partial charge in [0.05, 0.1) is 36.8 Å². The number of nitro groups is 1. The molecule has 13 nitrogen and oxygen atoms in total. The van der Waals surface area contributed by atoms with Crippen molar-refractivity contribution in [3.8, 4) is 11.5 Å². The number of ether oxygens (including phenoxy) is 4. The molecule has 1 fully saturated rings. The first-order valence-corrected chi connectivity index (χ1v) is 23.3. The predicted molar refractivity (Wildman–Crippen MR) is 255 cm³/mol. The lowest BCUT2D eigenvalue weighted by molar-refractivity contribution is -0.384. The van der Waals surface area contributed by atoms with Crippen molar-refractivity contribution in [2.24, 2.45) is 22.9 Å². The van der Waals surface area contributed by atoms with Crippen LogP contribution in [0.5, 0.6) is 11.5 Å². The number of rotatable bonds is 21. The van der Waals surface area contributed by atoms with E-state index in [9.17, 15) is 29.5 Å². The standard InChI is InChI=1S/C54H58FN3O10/c1-3-29-66-54-50(57(53(61)64-2)33-39-17-12-16-37-13-4-6-18-43(37)39)32-48(56-67-34-36-21-23-41(24-22-36)58(62)63)45-30-38(14-8-10-27-59)44(19-9-11-28-60)51(52(45)54)46-31-42(25-26-49(46)68-54)65-35-40-15-5-7-20-47(40)55/h3-7,12-13,15-18,20-26,30-31,38,44,50-52,59-60H,1,8-11,14,19,27-29,32-35H2,2H3/t38-,44+,50-,51+,52+,54+/m0/s1. The number of carbonyl (C=O) groups excluding carboxylic acids is 1. The molecule has 0 aromatic heterocycles. The first kappa shape index (κ1) is 47.9. The van der Waals surface area contributed by atoms with E-state index in [-0.39, 0.29) is 75.3 Å². The number of hydrogen-bond acceptors (Lipinski definition) is 11. The van der Waals surface area contributed by atoms with Crippen LogP contribution >= 0.6 is 0 Å². The van der Waals surface area contributed by atoms with Crippen LogP contribution in [0.15, 0.2) is 139 Å². The Kier molecular flexibility index (Phi) is 15.5. The third kappa shape index (κ3) is 10.1. The van der Waals surface area contributed by atoms with Gasteiger partial charge in [-0.3, -0.25) is 15.0 Å². The van der Waals surface area contributed by atoms with Gasteiger partial charge < -0.3 is 34.0 Å².